The van der Waals surface area contributed by atoms with Crippen LogP contribution in [-0.2, 0) is 16.6 Å². The van der Waals surface area contributed by atoms with Crippen molar-refractivity contribution >= 4 is 21.6 Å². The number of pyridine rings is 1. The summed E-state index contributed by atoms with van der Waals surface area (Å²) in [6, 6.07) is 2.89. The molecule has 19 heavy (non-hydrogen) atoms. The van der Waals surface area contributed by atoms with Crippen LogP contribution < -0.4 is 4.72 Å². The van der Waals surface area contributed by atoms with E-state index in [1.807, 2.05) is 0 Å². The first-order valence-electron chi connectivity index (χ1n) is 5.37. The molecule has 0 aliphatic rings. The van der Waals surface area contributed by atoms with E-state index in [2.05, 4.69) is 19.7 Å². The van der Waals surface area contributed by atoms with Crippen LogP contribution in [0.3, 0.4) is 0 Å². The minimum Gasteiger partial charge on any atom is -0.258 e. The molecule has 0 spiro atoms. The lowest BCUT2D eigenvalue weighted by Gasteiger charge is -2.07. The lowest BCUT2D eigenvalue weighted by molar-refractivity contribution is 0.580. The molecule has 0 saturated heterocycles. The monoisotopic (exact) mass is 298 g/mol. The van der Waals surface area contributed by atoms with E-state index in [1.165, 1.54) is 24.5 Å². The van der Waals surface area contributed by atoms with Crippen LogP contribution in [0.5, 0.6) is 0 Å². The van der Waals surface area contributed by atoms with Crippen molar-refractivity contribution in [2.75, 3.05) is 0 Å². The van der Waals surface area contributed by atoms with Gasteiger partial charge in [0.2, 0.25) is 10.0 Å². The van der Waals surface area contributed by atoms with Crippen molar-refractivity contribution in [1.29, 1.82) is 0 Å². The van der Waals surface area contributed by atoms with Crippen molar-refractivity contribution in [3.8, 4) is 0 Å². The summed E-state index contributed by atoms with van der Waals surface area (Å²) < 4.78 is 26.4. The number of nitrogens with zero attached hydrogens (tertiary/aromatic N) is 3. The SMILES string of the molecule is Cc1cnc(CNS(=O)(=O)c2cccnc2Cl)cn1. The Morgan fingerprint density at radius 1 is 1.26 bits per heavy atom. The van der Waals surface area contributed by atoms with Crippen LogP contribution in [0.15, 0.2) is 35.6 Å². The van der Waals surface area contributed by atoms with E-state index in [4.69, 9.17) is 11.6 Å². The molecule has 0 bridgehead atoms. The Labute approximate surface area is 115 Å². The highest BCUT2D eigenvalue weighted by molar-refractivity contribution is 7.89. The Bertz CT molecular complexity index is 673. The van der Waals surface area contributed by atoms with Gasteiger partial charge in [0.25, 0.3) is 0 Å². The van der Waals surface area contributed by atoms with Gasteiger partial charge in [0.05, 0.1) is 24.1 Å². The zero-order valence-electron chi connectivity index (χ0n) is 10.0. The van der Waals surface area contributed by atoms with Gasteiger partial charge < -0.3 is 0 Å². The molecule has 1 N–H and O–H groups in total. The normalized spacial score (nSPS) is 11.5. The molecule has 0 fully saturated rings. The largest absolute Gasteiger partial charge is 0.258 e. The second-order valence-electron chi connectivity index (χ2n) is 3.77. The Morgan fingerprint density at radius 3 is 2.68 bits per heavy atom. The number of aromatic nitrogens is 3. The van der Waals surface area contributed by atoms with Crippen LogP contribution in [-0.4, -0.2) is 23.4 Å². The summed E-state index contributed by atoms with van der Waals surface area (Å²) in [7, 11) is -3.71. The summed E-state index contributed by atoms with van der Waals surface area (Å²) in [5.41, 5.74) is 1.29. The quantitative estimate of drug-likeness (QED) is 0.860. The number of hydrogen-bond acceptors (Lipinski definition) is 5. The van der Waals surface area contributed by atoms with Crippen LogP contribution in [0.4, 0.5) is 0 Å². The first kappa shape index (κ1) is 13.9. The van der Waals surface area contributed by atoms with Gasteiger partial charge in [-0.25, -0.2) is 18.1 Å². The molecule has 0 atom stereocenters. The van der Waals surface area contributed by atoms with Gasteiger partial charge in [0.1, 0.15) is 10.0 Å². The summed E-state index contributed by atoms with van der Waals surface area (Å²) in [6.07, 6.45) is 4.51. The predicted molar refractivity (Wildman–Crippen MR) is 70.0 cm³/mol. The smallest absolute Gasteiger partial charge is 0.243 e. The van der Waals surface area contributed by atoms with E-state index < -0.39 is 10.0 Å². The van der Waals surface area contributed by atoms with Gasteiger partial charge in [0.15, 0.2) is 0 Å². The van der Waals surface area contributed by atoms with Crippen LogP contribution >= 0.6 is 11.6 Å². The summed E-state index contributed by atoms with van der Waals surface area (Å²) in [6.45, 7) is 1.84. The molecule has 0 aromatic carbocycles. The Kier molecular flexibility index (Phi) is 4.08. The van der Waals surface area contributed by atoms with E-state index in [-0.39, 0.29) is 16.6 Å². The molecule has 0 amide bonds. The van der Waals surface area contributed by atoms with Crippen molar-refractivity contribution in [2.45, 2.75) is 18.4 Å². The maximum Gasteiger partial charge on any atom is 0.243 e. The van der Waals surface area contributed by atoms with Crippen LogP contribution in [0, 0.1) is 6.92 Å². The molecule has 2 heterocycles. The molecule has 100 valence electrons. The average Bonchev–Trinajstić information content (AvgIpc) is 2.38. The van der Waals surface area contributed by atoms with Gasteiger partial charge in [-0.3, -0.25) is 9.97 Å². The first-order chi connectivity index (χ1) is 8.99. The van der Waals surface area contributed by atoms with E-state index in [0.29, 0.717) is 5.69 Å². The maximum absolute atomic E-state index is 12.0. The third kappa shape index (κ3) is 3.46. The van der Waals surface area contributed by atoms with Gasteiger partial charge in [0, 0.05) is 12.4 Å². The van der Waals surface area contributed by atoms with Crippen molar-refractivity contribution in [2.24, 2.45) is 0 Å². The second-order valence-corrected chi connectivity index (χ2v) is 5.86. The fourth-order valence-electron chi connectivity index (χ4n) is 1.33. The summed E-state index contributed by atoms with van der Waals surface area (Å²) in [5, 5.41) is -0.0648. The Balaban J connectivity index is 2.14. The minimum absolute atomic E-state index is 0.0425. The molecule has 2 aromatic heterocycles. The topological polar surface area (TPSA) is 84.8 Å². The third-order valence-electron chi connectivity index (χ3n) is 2.29. The van der Waals surface area contributed by atoms with E-state index in [0.717, 1.165) is 5.69 Å². The van der Waals surface area contributed by atoms with Crippen molar-refractivity contribution < 1.29 is 8.42 Å². The molecule has 0 radical (unpaired) electrons. The first-order valence-corrected chi connectivity index (χ1v) is 7.23. The van der Waals surface area contributed by atoms with Crippen molar-refractivity contribution in [3.05, 3.63) is 47.3 Å². The highest BCUT2D eigenvalue weighted by Gasteiger charge is 2.18. The highest BCUT2D eigenvalue weighted by Crippen LogP contribution is 2.17. The van der Waals surface area contributed by atoms with Crippen LogP contribution in [0.2, 0.25) is 5.15 Å². The lowest BCUT2D eigenvalue weighted by atomic mass is 10.4. The molecule has 0 aliphatic carbocycles. The average molecular weight is 299 g/mol. The number of rotatable bonds is 4. The van der Waals surface area contributed by atoms with E-state index in [9.17, 15) is 8.42 Å². The zero-order chi connectivity index (χ0) is 13.9. The molecule has 0 unspecified atom stereocenters. The van der Waals surface area contributed by atoms with Gasteiger partial charge in [-0.2, -0.15) is 0 Å². The molecule has 8 heteroatoms. The minimum atomic E-state index is -3.71. The second kappa shape index (κ2) is 5.60. The number of hydrogen-bond donors (Lipinski definition) is 1. The number of halogens is 1. The fraction of sp³-hybridized carbons (Fsp3) is 0.182. The van der Waals surface area contributed by atoms with Gasteiger partial charge in [-0.1, -0.05) is 11.6 Å². The fourth-order valence-corrected chi connectivity index (χ4v) is 2.78. The number of sulfonamides is 1. The molecule has 6 nitrogen and oxygen atoms in total. The van der Waals surface area contributed by atoms with E-state index in [1.54, 1.807) is 13.1 Å². The molecule has 0 aliphatic heterocycles. The van der Waals surface area contributed by atoms with Crippen LogP contribution in [0.1, 0.15) is 11.4 Å². The number of aryl methyl sites for hydroxylation is 1. The summed E-state index contributed by atoms with van der Waals surface area (Å²) >= 11 is 5.75. The molecule has 2 aromatic rings. The predicted octanol–water partition coefficient (Wildman–Crippen LogP) is 1.31. The van der Waals surface area contributed by atoms with Crippen molar-refractivity contribution in [3.63, 3.8) is 0 Å². The third-order valence-corrected chi connectivity index (χ3v) is 4.14. The Hall–Kier alpha value is -1.57. The Morgan fingerprint density at radius 2 is 2.05 bits per heavy atom. The summed E-state index contributed by atoms with van der Waals surface area (Å²) in [5.74, 6) is 0. The van der Waals surface area contributed by atoms with Crippen LogP contribution in [0.25, 0.3) is 0 Å². The molecule has 2 rings (SSSR count). The van der Waals surface area contributed by atoms with Gasteiger partial charge in [-0.15, -0.1) is 0 Å². The lowest BCUT2D eigenvalue weighted by Crippen LogP contribution is -2.24. The molecular weight excluding hydrogens is 288 g/mol. The van der Waals surface area contributed by atoms with Gasteiger partial charge in [-0.05, 0) is 19.1 Å². The highest BCUT2D eigenvalue weighted by atomic mass is 35.5. The standard InChI is InChI=1S/C11H11ClN4O2S/c1-8-5-15-9(6-14-8)7-16-19(17,18)10-3-2-4-13-11(10)12/h2-6,16H,7H2,1H3. The molecule has 0 saturated carbocycles. The summed E-state index contributed by atoms with van der Waals surface area (Å²) in [4.78, 5) is 11.8. The van der Waals surface area contributed by atoms with Gasteiger partial charge >= 0.3 is 0 Å². The van der Waals surface area contributed by atoms with Crippen molar-refractivity contribution in [1.82, 2.24) is 19.7 Å². The van der Waals surface area contributed by atoms with E-state index >= 15 is 0 Å². The molecular formula is C11H11ClN4O2S. The number of nitrogens with one attached hydrogen (secondary N) is 1. The zero-order valence-corrected chi connectivity index (χ0v) is 11.6. The maximum atomic E-state index is 12.0.